The second kappa shape index (κ2) is 5.78. The van der Waals surface area contributed by atoms with Gasteiger partial charge in [0.2, 0.25) is 0 Å². The van der Waals surface area contributed by atoms with Gasteiger partial charge in [0.05, 0.1) is 6.10 Å². The summed E-state index contributed by atoms with van der Waals surface area (Å²) in [5, 5.41) is 9.44. The molecule has 2 nitrogen and oxygen atoms in total. The molecule has 1 N–H and O–H groups in total. The van der Waals surface area contributed by atoms with Crippen LogP contribution in [0.3, 0.4) is 0 Å². The minimum atomic E-state index is -0.399. The van der Waals surface area contributed by atoms with Crippen molar-refractivity contribution in [2.75, 3.05) is 19.6 Å². The summed E-state index contributed by atoms with van der Waals surface area (Å²) in [5.41, 5.74) is 1.02. The first-order valence-electron chi connectivity index (χ1n) is 7.51. The summed E-state index contributed by atoms with van der Waals surface area (Å²) in [6.45, 7) is 2.28. The molecule has 1 aliphatic carbocycles. The van der Waals surface area contributed by atoms with Crippen LogP contribution < -0.4 is 0 Å². The Hall–Kier alpha value is -1.00. The highest BCUT2D eigenvalue weighted by Crippen LogP contribution is 2.40. The molecule has 3 rings (SSSR count). The van der Waals surface area contributed by atoms with Crippen molar-refractivity contribution in [3.05, 3.63) is 34.9 Å². The Balaban J connectivity index is 1.62. The van der Waals surface area contributed by atoms with Gasteiger partial charge in [-0.25, -0.2) is 8.78 Å². The molecule has 0 spiro atoms. The normalized spacial score (nSPS) is 21.4. The van der Waals surface area contributed by atoms with Crippen LogP contribution in [0.25, 0.3) is 0 Å². The van der Waals surface area contributed by atoms with Crippen molar-refractivity contribution in [3.63, 3.8) is 0 Å². The molecular formula is C16H21F2NO. The third-order valence-corrected chi connectivity index (χ3v) is 4.45. The lowest BCUT2D eigenvalue weighted by atomic mass is 10.0. The molecule has 0 atom stereocenters. The minimum Gasteiger partial charge on any atom is -0.393 e. The van der Waals surface area contributed by atoms with Crippen molar-refractivity contribution in [3.8, 4) is 0 Å². The Morgan fingerprint density at radius 1 is 1.05 bits per heavy atom. The number of aliphatic hydroxyl groups is 1. The van der Waals surface area contributed by atoms with Crippen LogP contribution in [0.15, 0.2) is 12.1 Å². The highest BCUT2D eigenvalue weighted by Gasteiger charge is 2.26. The van der Waals surface area contributed by atoms with Gasteiger partial charge in [0, 0.05) is 25.2 Å². The second-order valence-corrected chi connectivity index (χ2v) is 6.06. The molecule has 110 valence electrons. The summed E-state index contributed by atoms with van der Waals surface area (Å²) >= 11 is 0. The molecule has 1 aromatic carbocycles. The first-order chi connectivity index (χ1) is 9.63. The third kappa shape index (κ3) is 3.18. The van der Waals surface area contributed by atoms with E-state index in [1.807, 2.05) is 0 Å². The average Bonchev–Trinajstić information content (AvgIpc) is 3.24. The lowest BCUT2D eigenvalue weighted by Crippen LogP contribution is -2.37. The van der Waals surface area contributed by atoms with E-state index in [-0.39, 0.29) is 11.7 Å². The minimum absolute atomic E-state index is 0.209. The predicted molar refractivity (Wildman–Crippen MR) is 73.7 cm³/mol. The molecule has 0 bridgehead atoms. The molecule has 1 saturated carbocycles. The van der Waals surface area contributed by atoms with Crippen molar-refractivity contribution >= 4 is 0 Å². The van der Waals surface area contributed by atoms with Crippen LogP contribution in [-0.2, 0) is 6.42 Å². The Bertz CT molecular complexity index is 456. The predicted octanol–water partition coefficient (Wildman–Crippen LogP) is 2.84. The number of hydrogen-bond acceptors (Lipinski definition) is 2. The zero-order valence-electron chi connectivity index (χ0n) is 11.6. The van der Waals surface area contributed by atoms with Crippen LogP contribution in [0.1, 0.15) is 42.7 Å². The fraction of sp³-hybridized carbons (Fsp3) is 0.625. The van der Waals surface area contributed by atoms with Gasteiger partial charge >= 0.3 is 0 Å². The van der Waals surface area contributed by atoms with Crippen molar-refractivity contribution in [1.82, 2.24) is 4.90 Å². The molecule has 2 aliphatic rings. The molecule has 0 aromatic heterocycles. The zero-order chi connectivity index (χ0) is 14.1. The average molecular weight is 281 g/mol. The van der Waals surface area contributed by atoms with Crippen molar-refractivity contribution in [2.45, 2.75) is 44.1 Å². The van der Waals surface area contributed by atoms with Gasteiger partial charge in [0.15, 0.2) is 0 Å². The van der Waals surface area contributed by atoms with Gasteiger partial charge in [-0.2, -0.15) is 0 Å². The first kappa shape index (κ1) is 14.0. The van der Waals surface area contributed by atoms with Crippen LogP contribution in [0.5, 0.6) is 0 Å². The number of nitrogens with zero attached hydrogens (tertiary/aromatic N) is 1. The number of halogens is 2. The number of aliphatic hydroxyl groups excluding tert-OH is 1. The van der Waals surface area contributed by atoms with Crippen LogP contribution in [-0.4, -0.2) is 35.7 Å². The number of benzene rings is 1. The summed E-state index contributed by atoms with van der Waals surface area (Å²) in [4.78, 5) is 2.17. The maximum Gasteiger partial charge on any atom is 0.129 e. The van der Waals surface area contributed by atoms with Crippen LogP contribution >= 0.6 is 0 Å². The molecular weight excluding hydrogens is 260 g/mol. The molecule has 1 aliphatic heterocycles. The molecule has 1 aromatic rings. The van der Waals surface area contributed by atoms with E-state index in [1.165, 1.54) is 12.1 Å². The summed E-state index contributed by atoms with van der Waals surface area (Å²) in [7, 11) is 0. The SMILES string of the molecule is OC1CCN(CCc2c(F)cc(C3CC3)cc2F)CC1. The van der Waals surface area contributed by atoms with E-state index in [1.54, 1.807) is 0 Å². The Morgan fingerprint density at radius 3 is 2.20 bits per heavy atom. The Labute approximate surface area is 118 Å². The van der Waals surface area contributed by atoms with E-state index in [9.17, 15) is 13.9 Å². The fourth-order valence-corrected chi connectivity index (χ4v) is 2.93. The third-order valence-electron chi connectivity index (χ3n) is 4.45. The van der Waals surface area contributed by atoms with Gasteiger partial charge in [0.1, 0.15) is 11.6 Å². The topological polar surface area (TPSA) is 23.5 Å². The largest absolute Gasteiger partial charge is 0.393 e. The molecule has 0 unspecified atom stereocenters. The van der Waals surface area contributed by atoms with E-state index in [4.69, 9.17) is 0 Å². The van der Waals surface area contributed by atoms with Gasteiger partial charge in [-0.15, -0.1) is 0 Å². The lowest BCUT2D eigenvalue weighted by molar-refractivity contribution is 0.0829. The molecule has 1 heterocycles. The first-order valence-corrected chi connectivity index (χ1v) is 7.51. The highest BCUT2D eigenvalue weighted by molar-refractivity contribution is 5.31. The smallest absolute Gasteiger partial charge is 0.129 e. The van der Waals surface area contributed by atoms with Crippen molar-refractivity contribution in [2.24, 2.45) is 0 Å². The van der Waals surface area contributed by atoms with Crippen molar-refractivity contribution < 1.29 is 13.9 Å². The van der Waals surface area contributed by atoms with E-state index < -0.39 is 11.6 Å². The molecule has 2 fully saturated rings. The van der Waals surface area contributed by atoms with Gasteiger partial charge in [-0.1, -0.05) is 0 Å². The zero-order valence-corrected chi connectivity index (χ0v) is 11.6. The maximum atomic E-state index is 14.0. The number of hydrogen-bond donors (Lipinski definition) is 1. The molecule has 0 amide bonds. The summed E-state index contributed by atoms with van der Waals surface area (Å²) in [6.07, 6.45) is 3.80. The molecule has 1 saturated heterocycles. The van der Waals surface area contributed by atoms with Crippen LogP contribution in [0, 0.1) is 11.6 Å². The standard InChI is InChI=1S/C16H21F2NO/c17-15-9-12(11-1-2-11)10-16(18)14(15)5-8-19-6-3-13(20)4-7-19/h9-11,13,20H,1-8H2. The van der Waals surface area contributed by atoms with Gasteiger partial charge in [-0.3, -0.25) is 0 Å². The molecule has 0 radical (unpaired) electrons. The second-order valence-electron chi connectivity index (χ2n) is 6.06. The number of rotatable bonds is 4. The molecule has 4 heteroatoms. The van der Waals surface area contributed by atoms with Crippen LogP contribution in [0.4, 0.5) is 8.78 Å². The number of piperidine rings is 1. The van der Waals surface area contributed by atoms with Gasteiger partial charge in [-0.05, 0) is 55.7 Å². The summed E-state index contributed by atoms with van der Waals surface area (Å²) in [6, 6.07) is 3.02. The van der Waals surface area contributed by atoms with Crippen molar-refractivity contribution in [1.29, 1.82) is 0 Å². The highest BCUT2D eigenvalue weighted by atomic mass is 19.1. The van der Waals surface area contributed by atoms with E-state index in [0.29, 0.717) is 18.9 Å². The maximum absolute atomic E-state index is 14.0. The fourth-order valence-electron chi connectivity index (χ4n) is 2.93. The van der Waals surface area contributed by atoms with E-state index in [0.717, 1.165) is 44.3 Å². The monoisotopic (exact) mass is 281 g/mol. The summed E-state index contributed by atoms with van der Waals surface area (Å²) < 4.78 is 28.0. The van der Waals surface area contributed by atoms with E-state index >= 15 is 0 Å². The van der Waals surface area contributed by atoms with E-state index in [2.05, 4.69) is 4.90 Å². The Kier molecular flexibility index (Phi) is 4.03. The lowest BCUT2D eigenvalue weighted by Gasteiger charge is -2.29. The summed E-state index contributed by atoms with van der Waals surface area (Å²) in [5.74, 6) is -0.426. The van der Waals surface area contributed by atoms with Gasteiger partial charge < -0.3 is 10.0 Å². The quantitative estimate of drug-likeness (QED) is 0.917. The van der Waals surface area contributed by atoms with Gasteiger partial charge in [0.25, 0.3) is 0 Å². The Morgan fingerprint density at radius 2 is 1.65 bits per heavy atom. The number of likely N-dealkylation sites (tertiary alicyclic amines) is 1. The molecule has 20 heavy (non-hydrogen) atoms. The van der Waals surface area contributed by atoms with Crippen LogP contribution in [0.2, 0.25) is 0 Å².